The summed E-state index contributed by atoms with van der Waals surface area (Å²) in [5, 5.41) is 37.9. The topological polar surface area (TPSA) is 194 Å². The summed E-state index contributed by atoms with van der Waals surface area (Å²) in [4.78, 5) is 60.4. The van der Waals surface area contributed by atoms with E-state index in [2.05, 4.69) is 21.3 Å². The van der Waals surface area contributed by atoms with Gasteiger partial charge in [-0.05, 0) is 50.4 Å². The molecule has 1 aliphatic rings. The first-order chi connectivity index (χ1) is 16.1. The summed E-state index contributed by atoms with van der Waals surface area (Å²) < 4.78 is 0. The van der Waals surface area contributed by atoms with Gasteiger partial charge in [0.05, 0.1) is 6.04 Å². The fraction of sp³-hybridized carbons (Fsp3) is 0.500. The minimum Gasteiger partial charge on any atom is -0.508 e. The molecule has 0 aliphatic carbocycles. The van der Waals surface area contributed by atoms with E-state index >= 15 is 0 Å². The second-order valence-corrected chi connectivity index (χ2v) is 8.14. The van der Waals surface area contributed by atoms with Crippen LogP contribution in [0.2, 0.25) is 0 Å². The SMILES string of the molecule is CC(NC(=O)C(CCC(=O)O)NC(=O)C(Cc1ccc(O)cc1)NC(=O)C1CCCN1)C(=O)O. The number of hydrogen-bond donors (Lipinski definition) is 7. The molecule has 0 radical (unpaired) electrons. The number of carbonyl (C=O) groups excluding carboxylic acids is 3. The summed E-state index contributed by atoms with van der Waals surface area (Å²) in [7, 11) is 0. The molecule has 186 valence electrons. The lowest BCUT2D eigenvalue weighted by Gasteiger charge is -2.24. The number of nitrogens with one attached hydrogen (secondary N) is 4. The van der Waals surface area contributed by atoms with Gasteiger partial charge in [0.25, 0.3) is 0 Å². The average Bonchev–Trinajstić information content (AvgIpc) is 3.32. The molecule has 0 saturated carbocycles. The maximum Gasteiger partial charge on any atom is 0.325 e. The molecule has 1 heterocycles. The van der Waals surface area contributed by atoms with Crippen molar-refractivity contribution in [2.75, 3.05) is 6.54 Å². The van der Waals surface area contributed by atoms with Crippen LogP contribution in [0.15, 0.2) is 24.3 Å². The number of aliphatic carboxylic acids is 2. The summed E-state index contributed by atoms with van der Waals surface area (Å²) in [5.41, 5.74) is 0.628. The first-order valence-corrected chi connectivity index (χ1v) is 10.9. The molecule has 1 saturated heterocycles. The van der Waals surface area contributed by atoms with Crippen molar-refractivity contribution < 1.29 is 39.3 Å². The fourth-order valence-electron chi connectivity index (χ4n) is 3.44. The molecule has 12 heteroatoms. The van der Waals surface area contributed by atoms with Gasteiger partial charge in [-0.1, -0.05) is 12.1 Å². The lowest BCUT2D eigenvalue weighted by molar-refractivity contribution is -0.142. The van der Waals surface area contributed by atoms with Crippen molar-refractivity contribution in [3.63, 3.8) is 0 Å². The van der Waals surface area contributed by atoms with Crippen LogP contribution < -0.4 is 21.3 Å². The van der Waals surface area contributed by atoms with Crippen LogP contribution in [0.4, 0.5) is 0 Å². The van der Waals surface area contributed by atoms with Crippen molar-refractivity contribution in [1.82, 2.24) is 21.3 Å². The maximum absolute atomic E-state index is 13.1. The third-order valence-electron chi connectivity index (χ3n) is 5.39. The van der Waals surface area contributed by atoms with E-state index in [1.54, 1.807) is 12.1 Å². The van der Waals surface area contributed by atoms with Crippen LogP contribution in [0.5, 0.6) is 5.75 Å². The zero-order valence-electron chi connectivity index (χ0n) is 18.7. The Morgan fingerprint density at radius 2 is 1.65 bits per heavy atom. The molecular weight excluding hydrogens is 448 g/mol. The molecular formula is C22H30N4O8. The number of hydrogen-bond acceptors (Lipinski definition) is 7. The number of carboxylic acids is 2. The van der Waals surface area contributed by atoms with Gasteiger partial charge in [-0.3, -0.25) is 24.0 Å². The number of rotatable bonds is 12. The van der Waals surface area contributed by atoms with Crippen molar-refractivity contribution in [3.8, 4) is 5.75 Å². The first-order valence-electron chi connectivity index (χ1n) is 10.9. The van der Waals surface area contributed by atoms with Crippen LogP contribution in [-0.2, 0) is 30.4 Å². The van der Waals surface area contributed by atoms with E-state index in [4.69, 9.17) is 10.2 Å². The average molecular weight is 479 g/mol. The van der Waals surface area contributed by atoms with Crippen LogP contribution in [-0.4, -0.2) is 75.7 Å². The Bertz CT molecular complexity index is 899. The third kappa shape index (κ3) is 8.35. The Kier molecular flexibility index (Phi) is 9.80. The van der Waals surface area contributed by atoms with Crippen molar-refractivity contribution in [1.29, 1.82) is 0 Å². The number of carbonyl (C=O) groups is 5. The minimum atomic E-state index is -1.32. The third-order valence-corrected chi connectivity index (χ3v) is 5.39. The maximum atomic E-state index is 13.1. The molecule has 7 N–H and O–H groups in total. The van der Waals surface area contributed by atoms with Crippen LogP contribution >= 0.6 is 0 Å². The predicted octanol–water partition coefficient (Wildman–Crippen LogP) is -0.890. The number of amides is 3. The Morgan fingerprint density at radius 3 is 2.21 bits per heavy atom. The Morgan fingerprint density at radius 1 is 1.00 bits per heavy atom. The molecule has 1 aromatic rings. The largest absolute Gasteiger partial charge is 0.508 e. The van der Waals surface area contributed by atoms with Gasteiger partial charge < -0.3 is 36.6 Å². The zero-order chi connectivity index (χ0) is 25.3. The molecule has 12 nitrogen and oxygen atoms in total. The molecule has 0 spiro atoms. The highest BCUT2D eigenvalue weighted by Crippen LogP contribution is 2.13. The molecule has 1 aromatic carbocycles. The van der Waals surface area contributed by atoms with E-state index in [1.807, 2.05) is 0 Å². The lowest BCUT2D eigenvalue weighted by Crippen LogP contribution is -2.57. The Hall–Kier alpha value is -3.67. The molecule has 4 unspecified atom stereocenters. The number of phenolic OH excluding ortho intramolecular Hbond substituents is 1. The van der Waals surface area contributed by atoms with Gasteiger partial charge in [0, 0.05) is 12.8 Å². The highest BCUT2D eigenvalue weighted by Gasteiger charge is 2.31. The van der Waals surface area contributed by atoms with E-state index in [9.17, 15) is 29.1 Å². The van der Waals surface area contributed by atoms with E-state index in [-0.39, 0.29) is 24.5 Å². The molecule has 1 fully saturated rings. The van der Waals surface area contributed by atoms with E-state index < -0.39 is 54.3 Å². The number of benzene rings is 1. The van der Waals surface area contributed by atoms with Gasteiger partial charge in [0.15, 0.2) is 0 Å². The zero-order valence-corrected chi connectivity index (χ0v) is 18.7. The Labute approximate surface area is 196 Å². The van der Waals surface area contributed by atoms with Gasteiger partial charge in [-0.15, -0.1) is 0 Å². The molecule has 3 amide bonds. The fourth-order valence-corrected chi connectivity index (χ4v) is 3.44. The monoisotopic (exact) mass is 478 g/mol. The van der Waals surface area contributed by atoms with Gasteiger partial charge in [-0.2, -0.15) is 0 Å². The van der Waals surface area contributed by atoms with Crippen molar-refractivity contribution in [3.05, 3.63) is 29.8 Å². The number of carboxylic acid groups (broad SMARTS) is 2. The van der Waals surface area contributed by atoms with Crippen molar-refractivity contribution in [2.45, 2.75) is 63.2 Å². The molecule has 0 bridgehead atoms. The van der Waals surface area contributed by atoms with E-state index in [0.29, 0.717) is 18.5 Å². The normalized spacial score (nSPS) is 17.7. The second kappa shape index (κ2) is 12.5. The van der Waals surface area contributed by atoms with Gasteiger partial charge in [0.1, 0.15) is 23.9 Å². The van der Waals surface area contributed by atoms with E-state index in [1.165, 1.54) is 19.1 Å². The summed E-state index contributed by atoms with van der Waals surface area (Å²) >= 11 is 0. The molecule has 0 aromatic heterocycles. The molecule has 34 heavy (non-hydrogen) atoms. The second-order valence-electron chi connectivity index (χ2n) is 8.14. The summed E-state index contributed by atoms with van der Waals surface area (Å²) in [5.74, 6) is -4.42. The van der Waals surface area contributed by atoms with E-state index in [0.717, 1.165) is 6.42 Å². The molecule has 2 rings (SSSR count). The van der Waals surface area contributed by atoms with Gasteiger partial charge in [0.2, 0.25) is 17.7 Å². The lowest BCUT2D eigenvalue weighted by atomic mass is 10.0. The number of aromatic hydroxyl groups is 1. The van der Waals surface area contributed by atoms with Gasteiger partial charge >= 0.3 is 11.9 Å². The van der Waals surface area contributed by atoms with Crippen LogP contribution in [0, 0.1) is 0 Å². The van der Waals surface area contributed by atoms with Crippen LogP contribution in [0.3, 0.4) is 0 Å². The highest BCUT2D eigenvalue weighted by atomic mass is 16.4. The van der Waals surface area contributed by atoms with Gasteiger partial charge in [-0.25, -0.2) is 0 Å². The van der Waals surface area contributed by atoms with Crippen LogP contribution in [0.1, 0.15) is 38.2 Å². The summed E-state index contributed by atoms with van der Waals surface area (Å²) in [6.45, 7) is 1.91. The summed E-state index contributed by atoms with van der Waals surface area (Å²) in [6.07, 6.45) is 0.746. The molecule has 1 aliphatic heterocycles. The van der Waals surface area contributed by atoms with Crippen molar-refractivity contribution >= 4 is 29.7 Å². The molecule has 4 atom stereocenters. The smallest absolute Gasteiger partial charge is 0.325 e. The standard InChI is InChI=1S/C22H30N4O8/c1-12(22(33)34)24-20(31)16(8-9-18(28)29)25-21(32)17(11-13-4-6-14(27)7-5-13)26-19(30)15-3-2-10-23-15/h4-7,12,15-17,23,27H,2-3,8-11H2,1H3,(H,24,31)(H,25,32)(H,26,30)(H,28,29)(H,33,34). The quantitative estimate of drug-likeness (QED) is 0.199. The predicted molar refractivity (Wildman–Crippen MR) is 119 cm³/mol. The highest BCUT2D eigenvalue weighted by molar-refractivity contribution is 5.94. The Balaban J connectivity index is 2.18. The summed E-state index contributed by atoms with van der Waals surface area (Å²) in [6, 6.07) is 1.89. The number of phenols is 1. The van der Waals surface area contributed by atoms with Crippen molar-refractivity contribution in [2.24, 2.45) is 0 Å². The first kappa shape index (κ1) is 26.6. The van der Waals surface area contributed by atoms with Crippen LogP contribution in [0.25, 0.3) is 0 Å². The minimum absolute atomic E-state index is 0.0295.